The van der Waals surface area contributed by atoms with E-state index in [1.807, 2.05) is 60.7 Å². The van der Waals surface area contributed by atoms with Crippen LogP contribution in [-0.2, 0) is 17.9 Å². The molecule has 0 saturated heterocycles. The van der Waals surface area contributed by atoms with Crippen LogP contribution in [-0.4, -0.2) is 6.09 Å². The smallest absolute Gasteiger partial charge is 0.407 e. The average Bonchev–Trinajstić information content (AvgIpc) is 2.45. The molecule has 2 rings (SSSR count). The first-order valence-corrected chi connectivity index (χ1v) is 5.83. The summed E-state index contributed by atoms with van der Waals surface area (Å²) >= 11 is 0. The molecule has 18 heavy (non-hydrogen) atoms. The summed E-state index contributed by atoms with van der Waals surface area (Å²) in [5, 5.41) is 2.71. The van der Waals surface area contributed by atoms with E-state index in [2.05, 4.69) is 5.32 Å². The molecule has 1 amide bonds. The van der Waals surface area contributed by atoms with E-state index in [0.29, 0.717) is 13.2 Å². The SMILES string of the molecule is O=[11C](NCc1ccccc1)OCc1ccccc1. The minimum atomic E-state index is -0.400. The molecule has 2 aromatic carbocycles. The monoisotopic (exact) mass is 240 g/mol. The van der Waals surface area contributed by atoms with Gasteiger partial charge in [0.2, 0.25) is 0 Å². The van der Waals surface area contributed by atoms with E-state index >= 15 is 0 Å². The van der Waals surface area contributed by atoms with Crippen LogP contribution in [0.15, 0.2) is 60.7 Å². The van der Waals surface area contributed by atoms with Crippen molar-refractivity contribution in [3.05, 3.63) is 71.8 Å². The number of hydrogen-bond acceptors (Lipinski definition) is 2. The molecule has 0 bridgehead atoms. The molecular weight excluding hydrogens is 225 g/mol. The molecule has 0 aliphatic heterocycles. The lowest BCUT2D eigenvalue weighted by Gasteiger charge is -2.07. The molecule has 0 fully saturated rings. The van der Waals surface area contributed by atoms with Gasteiger partial charge in [-0.3, -0.25) is 0 Å². The second-order valence-electron chi connectivity index (χ2n) is 3.90. The Hall–Kier alpha value is -2.29. The van der Waals surface area contributed by atoms with Crippen LogP contribution < -0.4 is 5.32 Å². The molecule has 0 spiro atoms. The van der Waals surface area contributed by atoms with Crippen molar-refractivity contribution in [2.24, 2.45) is 0 Å². The zero-order valence-corrected chi connectivity index (χ0v) is 10.0. The summed E-state index contributed by atoms with van der Waals surface area (Å²) in [4.78, 5) is 11.5. The zero-order valence-electron chi connectivity index (χ0n) is 10.0. The van der Waals surface area contributed by atoms with Gasteiger partial charge in [0.15, 0.2) is 0 Å². The first kappa shape index (κ1) is 12.2. The standard InChI is InChI=1S/C15H15NO2/c17-15(16-11-13-7-3-1-4-8-13)18-12-14-9-5-2-6-10-14/h1-10H,11-12H2,(H,16,17)/i15-1. The molecule has 2 aromatic rings. The molecule has 0 heterocycles. The minimum Gasteiger partial charge on any atom is -0.445 e. The van der Waals surface area contributed by atoms with E-state index in [0.717, 1.165) is 11.1 Å². The molecule has 1 N–H and O–H groups in total. The third-order valence-corrected chi connectivity index (χ3v) is 2.49. The number of rotatable bonds is 4. The van der Waals surface area contributed by atoms with Crippen molar-refractivity contribution in [1.82, 2.24) is 5.32 Å². The first-order valence-electron chi connectivity index (χ1n) is 5.83. The molecular formula is C15H15NO2. The largest absolute Gasteiger partial charge is 0.445 e. The number of nitrogens with one attached hydrogen (secondary N) is 1. The van der Waals surface area contributed by atoms with Crippen molar-refractivity contribution in [3.8, 4) is 0 Å². The summed E-state index contributed by atoms with van der Waals surface area (Å²) in [6, 6.07) is 19.3. The fraction of sp³-hybridized carbons (Fsp3) is 0.133. The van der Waals surface area contributed by atoms with Crippen LogP contribution in [0.25, 0.3) is 0 Å². The highest BCUT2D eigenvalue weighted by Gasteiger charge is 2.01. The highest BCUT2D eigenvalue weighted by molar-refractivity contribution is 5.67. The lowest BCUT2D eigenvalue weighted by molar-refractivity contribution is 0.139. The van der Waals surface area contributed by atoms with Crippen molar-refractivity contribution in [2.75, 3.05) is 0 Å². The van der Waals surface area contributed by atoms with Gasteiger partial charge in [-0.25, -0.2) is 4.79 Å². The van der Waals surface area contributed by atoms with E-state index in [-0.39, 0.29) is 0 Å². The highest BCUT2D eigenvalue weighted by Crippen LogP contribution is 2.01. The maximum absolute atomic E-state index is 11.5. The van der Waals surface area contributed by atoms with Gasteiger partial charge in [-0.1, -0.05) is 60.7 Å². The van der Waals surface area contributed by atoms with Gasteiger partial charge < -0.3 is 10.1 Å². The van der Waals surface area contributed by atoms with Crippen molar-refractivity contribution in [2.45, 2.75) is 13.2 Å². The van der Waals surface area contributed by atoms with Crippen molar-refractivity contribution in [3.63, 3.8) is 0 Å². The van der Waals surface area contributed by atoms with E-state index < -0.39 is 6.09 Å². The number of benzene rings is 2. The topological polar surface area (TPSA) is 38.3 Å². The zero-order chi connectivity index (χ0) is 12.6. The number of amides is 1. The van der Waals surface area contributed by atoms with Gasteiger partial charge in [0.1, 0.15) is 6.61 Å². The van der Waals surface area contributed by atoms with Gasteiger partial charge >= 0.3 is 6.09 Å². The maximum Gasteiger partial charge on any atom is 0.407 e. The highest BCUT2D eigenvalue weighted by atomic mass is 16.5. The Bertz CT molecular complexity index is 437. The molecule has 3 heteroatoms. The second-order valence-corrected chi connectivity index (χ2v) is 3.90. The fourth-order valence-electron chi connectivity index (χ4n) is 1.54. The van der Waals surface area contributed by atoms with Crippen LogP contribution in [0.1, 0.15) is 11.1 Å². The lowest BCUT2D eigenvalue weighted by Crippen LogP contribution is -2.23. The third kappa shape index (κ3) is 3.94. The summed E-state index contributed by atoms with van der Waals surface area (Å²) in [6.45, 7) is 0.774. The Balaban J connectivity index is 1.73. The Kier molecular flexibility index (Phi) is 4.36. The van der Waals surface area contributed by atoms with Gasteiger partial charge in [-0.05, 0) is 11.1 Å². The van der Waals surface area contributed by atoms with Crippen LogP contribution in [0, 0.1) is 0 Å². The maximum atomic E-state index is 11.5. The Labute approximate surface area is 106 Å². The Morgan fingerprint density at radius 3 is 2.06 bits per heavy atom. The van der Waals surface area contributed by atoms with E-state index in [1.54, 1.807) is 0 Å². The molecule has 92 valence electrons. The molecule has 0 aliphatic rings. The molecule has 3 nitrogen and oxygen atoms in total. The second kappa shape index (κ2) is 6.45. The minimum absolute atomic E-state index is 0.293. The van der Waals surface area contributed by atoms with Gasteiger partial charge in [-0.2, -0.15) is 0 Å². The summed E-state index contributed by atoms with van der Waals surface area (Å²) in [5.41, 5.74) is 2.03. The molecule has 0 aliphatic carbocycles. The fourth-order valence-corrected chi connectivity index (χ4v) is 1.54. The molecule has 0 unspecified atom stereocenters. The van der Waals surface area contributed by atoms with Crippen LogP contribution >= 0.6 is 0 Å². The van der Waals surface area contributed by atoms with E-state index in [4.69, 9.17) is 4.74 Å². The Morgan fingerprint density at radius 1 is 0.889 bits per heavy atom. The number of ether oxygens (including phenoxy) is 1. The number of carbonyl (C=O) groups excluding carboxylic acids is 1. The van der Waals surface area contributed by atoms with Gasteiger partial charge in [0, 0.05) is 6.54 Å². The van der Waals surface area contributed by atoms with Crippen LogP contribution in [0.5, 0.6) is 0 Å². The number of alkyl carbamates (subject to hydrolysis) is 1. The first-order chi connectivity index (χ1) is 8.84. The van der Waals surface area contributed by atoms with Crippen molar-refractivity contribution >= 4 is 6.09 Å². The van der Waals surface area contributed by atoms with Gasteiger partial charge in [0.25, 0.3) is 0 Å². The van der Waals surface area contributed by atoms with Crippen LogP contribution in [0.4, 0.5) is 4.79 Å². The van der Waals surface area contributed by atoms with Crippen LogP contribution in [0.2, 0.25) is 0 Å². The van der Waals surface area contributed by atoms with Crippen LogP contribution in [0.3, 0.4) is 0 Å². The molecule has 0 saturated carbocycles. The predicted molar refractivity (Wildman–Crippen MR) is 69.9 cm³/mol. The summed E-state index contributed by atoms with van der Waals surface area (Å²) < 4.78 is 5.10. The summed E-state index contributed by atoms with van der Waals surface area (Å²) in [5.74, 6) is 0. The third-order valence-electron chi connectivity index (χ3n) is 2.49. The lowest BCUT2D eigenvalue weighted by atomic mass is 10.2. The number of hydrogen-bond donors (Lipinski definition) is 1. The average molecular weight is 240 g/mol. The quantitative estimate of drug-likeness (QED) is 0.891. The summed E-state index contributed by atoms with van der Waals surface area (Å²) in [6.07, 6.45) is -0.400. The van der Waals surface area contributed by atoms with Gasteiger partial charge in [-0.15, -0.1) is 0 Å². The normalized spacial score (nSPS) is 9.78. The van der Waals surface area contributed by atoms with E-state index in [1.165, 1.54) is 0 Å². The summed E-state index contributed by atoms with van der Waals surface area (Å²) in [7, 11) is 0. The molecule has 0 radical (unpaired) electrons. The van der Waals surface area contributed by atoms with Crippen molar-refractivity contribution < 1.29 is 9.53 Å². The Morgan fingerprint density at radius 2 is 1.44 bits per heavy atom. The van der Waals surface area contributed by atoms with Crippen molar-refractivity contribution in [1.29, 1.82) is 0 Å². The van der Waals surface area contributed by atoms with E-state index in [9.17, 15) is 4.79 Å². The number of carbonyl (C=O) groups is 1. The molecule has 0 aromatic heterocycles. The van der Waals surface area contributed by atoms with Gasteiger partial charge in [0.05, 0.1) is 0 Å². The predicted octanol–water partition coefficient (Wildman–Crippen LogP) is 3.11. The molecule has 0 atom stereocenters.